The van der Waals surface area contributed by atoms with Gasteiger partial charge in [0.25, 0.3) is 0 Å². The van der Waals surface area contributed by atoms with E-state index in [1.807, 2.05) is 0 Å². The first-order valence-corrected chi connectivity index (χ1v) is 13.9. The van der Waals surface area contributed by atoms with Gasteiger partial charge in [0.2, 0.25) is 0 Å². The molecule has 0 amide bonds. The molecular formula is C29H41FN4O4S. The van der Waals surface area contributed by atoms with Crippen molar-refractivity contribution in [3.63, 3.8) is 0 Å². The molecule has 2 aliphatic heterocycles. The van der Waals surface area contributed by atoms with Crippen LogP contribution in [-0.2, 0) is 19.1 Å². The number of piperidine rings is 1. The molecule has 39 heavy (non-hydrogen) atoms. The number of hydrogen-bond acceptors (Lipinski definition) is 7. The van der Waals surface area contributed by atoms with Crippen molar-refractivity contribution >= 4 is 35.0 Å². The lowest BCUT2D eigenvalue weighted by Gasteiger charge is -2.33. The fourth-order valence-corrected chi connectivity index (χ4v) is 5.63. The summed E-state index contributed by atoms with van der Waals surface area (Å²) in [6.45, 7) is 12.0. The number of nitrogens with zero attached hydrogens (tertiary/aromatic N) is 1. The first-order chi connectivity index (χ1) is 18.6. The lowest BCUT2D eigenvalue weighted by Crippen LogP contribution is -2.37. The SMILES string of the molecule is COC(=O)C1=C(C)NC(C)=C(C(=O)OC)C1c1ccc(F)c(NC(=S)NCCCN2CCC(C(C)C)CC2)c1. The van der Waals surface area contributed by atoms with Gasteiger partial charge in [-0.05, 0) is 94.5 Å². The van der Waals surface area contributed by atoms with Crippen LogP contribution in [0.3, 0.4) is 0 Å². The molecule has 0 unspecified atom stereocenters. The van der Waals surface area contributed by atoms with Crippen molar-refractivity contribution in [1.82, 2.24) is 15.5 Å². The summed E-state index contributed by atoms with van der Waals surface area (Å²) < 4.78 is 24.8. The van der Waals surface area contributed by atoms with Crippen molar-refractivity contribution in [3.05, 3.63) is 52.1 Å². The third-order valence-electron chi connectivity index (χ3n) is 7.65. The molecule has 3 rings (SSSR count). The summed E-state index contributed by atoms with van der Waals surface area (Å²) in [6, 6.07) is 4.39. The quantitative estimate of drug-likeness (QED) is 0.230. The van der Waals surface area contributed by atoms with Crippen LogP contribution < -0.4 is 16.0 Å². The van der Waals surface area contributed by atoms with Crippen LogP contribution in [0.4, 0.5) is 10.1 Å². The van der Waals surface area contributed by atoms with Crippen LogP contribution in [0, 0.1) is 17.7 Å². The molecule has 1 saturated heterocycles. The Kier molecular flexibility index (Phi) is 10.9. The highest BCUT2D eigenvalue weighted by Crippen LogP contribution is 2.40. The highest BCUT2D eigenvalue weighted by Gasteiger charge is 2.38. The Hall–Kier alpha value is -2.98. The Morgan fingerprint density at radius 3 is 2.23 bits per heavy atom. The summed E-state index contributed by atoms with van der Waals surface area (Å²) >= 11 is 5.43. The maximum atomic E-state index is 14.8. The number of rotatable bonds is 9. The average molecular weight is 561 g/mol. The number of halogens is 1. The third-order valence-corrected chi connectivity index (χ3v) is 7.90. The number of benzene rings is 1. The van der Waals surface area contributed by atoms with Gasteiger partial charge in [0.05, 0.1) is 37.0 Å². The molecule has 3 N–H and O–H groups in total. The van der Waals surface area contributed by atoms with Crippen molar-refractivity contribution in [2.75, 3.05) is 45.7 Å². The second kappa shape index (κ2) is 13.9. The van der Waals surface area contributed by atoms with Crippen molar-refractivity contribution in [2.24, 2.45) is 11.8 Å². The van der Waals surface area contributed by atoms with Gasteiger partial charge < -0.3 is 30.3 Å². The maximum Gasteiger partial charge on any atom is 0.336 e. The summed E-state index contributed by atoms with van der Waals surface area (Å²) in [5.41, 5.74) is 2.25. The second-order valence-electron chi connectivity index (χ2n) is 10.5. The predicted molar refractivity (Wildman–Crippen MR) is 155 cm³/mol. The number of ether oxygens (including phenoxy) is 2. The maximum absolute atomic E-state index is 14.8. The van der Waals surface area contributed by atoms with Gasteiger partial charge in [0.15, 0.2) is 5.11 Å². The second-order valence-corrected chi connectivity index (χ2v) is 10.9. The topological polar surface area (TPSA) is 91.9 Å². The Labute approximate surface area is 236 Å². The summed E-state index contributed by atoms with van der Waals surface area (Å²) in [5.74, 6) is -0.950. The minimum Gasteiger partial charge on any atom is -0.466 e. The molecule has 0 aromatic heterocycles. The lowest BCUT2D eigenvalue weighted by molar-refractivity contribution is -0.137. The van der Waals surface area contributed by atoms with E-state index < -0.39 is 23.7 Å². The van der Waals surface area contributed by atoms with E-state index in [1.165, 1.54) is 33.1 Å². The molecule has 0 radical (unpaired) electrons. The van der Waals surface area contributed by atoms with Crippen LogP contribution in [0.2, 0.25) is 0 Å². The van der Waals surface area contributed by atoms with Gasteiger partial charge in [-0.2, -0.15) is 0 Å². The highest BCUT2D eigenvalue weighted by atomic mass is 32.1. The standard InChI is InChI=1S/C29H41FN4O4S/c1-17(2)20-10-14-34(15-11-20)13-7-12-31-29(39)33-23-16-21(8-9-22(23)30)26-24(27(35)37-5)18(3)32-19(4)25(26)28(36)38-6/h8-9,16-17,20,26,32H,7,10-15H2,1-6H3,(H2,31,33,39). The third kappa shape index (κ3) is 7.57. The largest absolute Gasteiger partial charge is 0.466 e. The minimum absolute atomic E-state index is 0.142. The molecular weight excluding hydrogens is 519 g/mol. The summed E-state index contributed by atoms with van der Waals surface area (Å²) in [4.78, 5) is 28.0. The molecule has 0 bridgehead atoms. The Morgan fingerprint density at radius 2 is 1.69 bits per heavy atom. The Bertz CT molecular complexity index is 1100. The zero-order chi connectivity index (χ0) is 28.7. The van der Waals surface area contributed by atoms with Crippen molar-refractivity contribution < 1.29 is 23.5 Å². The molecule has 0 spiro atoms. The monoisotopic (exact) mass is 560 g/mol. The lowest BCUT2D eigenvalue weighted by atomic mass is 9.80. The van der Waals surface area contributed by atoms with Crippen molar-refractivity contribution in [1.29, 1.82) is 0 Å². The molecule has 1 fully saturated rings. The number of thiocarbonyl (C=S) groups is 1. The van der Waals surface area contributed by atoms with E-state index in [1.54, 1.807) is 26.0 Å². The van der Waals surface area contributed by atoms with Crippen molar-refractivity contribution in [2.45, 2.75) is 52.9 Å². The number of carbonyl (C=O) groups excluding carboxylic acids is 2. The van der Waals surface area contributed by atoms with Crippen LogP contribution in [-0.4, -0.2) is 62.3 Å². The summed E-state index contributed by atoms with van der Waals surface area (Å²) in [5, 5.41) is 9.46. The minimum atomic E-state index is -0.811. The number of allylic oxidation sites excluding steroid dienone is 2. The fraction of sp³-hybridized carbons (Fsp3) is 0.552. The van der Waals surface area contributed by atoms with Crippen LogP contribution >= 0.6 is 12.2 Å². The molecule has 1 aromatic carbocycles. The zero-order valence-electron chi connectivity index (χ0n) is 23.8. The Balaban J connectivity index is 1.69. The molecule has 1 aromatic rings. The number of carbonyl (C=O) groups is 2. The molecule has 0 aliphatic carbocycles. The first-order valence-electron chi connectivity index (χ1n) is 13.5. The molecule has 2 heterocycles. The summed E-state index contributed by atoms with van der Waals surface area (Å²) in [7, 11) is 2.55. The van der Waals surface area contributed by atoms with Gasteiger partial charge in [-0.15, -0.1) is 0 Å². The van der Waals surface area contributed by atoms with E-state index in [0.717, 1.165) is 37.9 Å². The van der Waals surface area contributed by atoms with E-state index >= 15 is 0 Å². The number of dihydropyridines is 1. The Morgan fingerprint density at radius 1 is 1.10 bits per heavy atom. The van der Waals surface area contributed by atoms with Gasteiger partial charge >= 0.3 is 11.9 Å². The van der Waals surface area contributed by atoms with Crippen LogP contribution in [0.15, 0.2) is 40.7 Å². The van der Waals surface area contributed by atoms with Gasteiger partial charge in [-0.25, -0.2) is 14.0 Å². The molecule has 10 heteroatoms. The summed E-state index contributed by atoms with van der Waals surface area (Å²) in [6.07, 6.45) is 3.41. The molecule has 0 saturated carbocycles. The number of anilines is 1. The number of nitrogens with one attached hydrogen (secondary N) is 3. The van der Waals surface area contributed by atoms with E-state index in [-0.39, 0.29) is 16.8 Å². The van der Waals surface area contributed by atoms with E-state index in [0.29, 0.717) is 28.6 Å². The van der Waals surface area contributed by atoms with Gasteiger partial charge in [0, 0.05) is 17.9 Å². The van der Waals surface area contributed by atoms with Crippen LogP contribution in [0.1, 0.15) is 58.4 Å². The zero-order valence-corrected chi connectivity index (χ0v) is 24.6. The molecule has 8 nitrogen and oxygen atoms in total. The van der Waals surface area contributed by atoms with E-state index in [2.05, 4.69) is 34.7 Å². The number of likely N-dealkylation sites (tertiary alicyclic amines) is 1. The van der Waals surface area contributed by atoms with Gasteiger partial charge in [-0.1, -0.05) is 19.9 Å². The first kappa shape index (κ1) is 30.6. The van der Waals surface area contributed by atoms with Crippen LogP contribution in [0.25, 0.3) is 0 Å². The van der Waals surface area contributed by atoms with E-state index in [4.69, 9.17) is 21.7 Å². The molecule has 2 aliphatic rings. The number of methoxy groups -OCH3 is 2. The van der Waals surface area contributed by atoms with Gasteiger partial charge in [0.1, 0.15) is 5.82 Å². The molecule has 0 atom stereocenters. The highest BCUT2D eigenvalue weighted by molar-refractivity contribution is 7.80. The van der Waals surface area contributed by atoms with Gasteiger partial charge in [-0.3, -0.25) is 0 Å². The number of esters is 2. The van der Waals surface area contributed by atoms with Crippen LogP contribution in [0.5, 0.6) is 0 Å². The normalized spacial score (nSPS) is 17.2. The van der Waals surface area contributed by atoms with Crippen molar-refractivity contribution in [3.8, 4) is 0 Å². The number of hydrogen-bond donors (Lipinski definition) is 3. The molecule has 214 valence electrons. The average Bonchev–Trinajstić information content (AvgIpc) is 2.91. The fourth-order valence-electron chi connectivity index (χ4n) is 5.42. The predicted octanol–water partition coefficient (Wildman–Crippen LogP) is 4.45. The smallest absolute Gasteiger partial charge is 0.336 e. The van der Waals surface area contributed by atoms with E-state index in [9.17, 15) is 14.0 Å².